The first kappa shape index (κ1) is 79.8. The van der Waals surface area contributed by atoms with Gasteiger partial charge in [0.25, 0.3) is 0 Å². The van der Waals surface area contributed by atoms with Crippen molar-refractivity contribution in [2.45, 2.75) is 202 Å². The molecule has 6 nitrogen and oxygen atoms in total. The first-order valence-electron chi connectivity index (χ1n) is 33.7. The van der Waals surface area contributed by atoms with Crippen molar-refractivity contribution in [2.24, 2.45) is 0 Å². The molecule has 0 unspecified atom stereocenters. The van der Waals surface area contributed by atoms with Crippen molar-refractivity contribution in [1.82, 2.24) is 29.9 Å². The van der Waals surface area contributed by atoms with Crippen molar-refractivity contribution in [3.05, 3.63) is 253 Å². The molecular formula is C84H114N6. The van der Waals surface area contributed by atoms with Crippen molar-refractivity contribution in [2.75, 3.05) is 0 Å². The molecule has 6 heteroatoms. The lowest BCUT2D eigenvalue weighted by Gasteiger charge is -2.08. The van der Waals surface area contributed by atoms with Gasteiger partial charge in [-0.15, -0.1) is 0 Å². The van der Waals surface area contributed by atoms with Gasteiger partial charge in [-0.1, -0.05) is 281 Å². The van der Waals surface area contributed by atoms with Crippen LogP contribution in [0.2, 0.25) is 0 Å². The van der Waals surface area contributed by atoms with Crippen molar-refractivity contribution in [3.63, 3.8) is 0 Å². The van der Waals surface area contributed by atoms with Crippen LogP contribution < -0.4 is 0 Å². The van der Waals surface area contributed by atoms with Gasteiger partial charge in [0.05, 0.1) is 27.6 Å². The Labute approximate surface area is 546 Å². The summed E-state index contributed by atoms with van der Waals surface area (Å²) in [6.45, 7) is 50.4. The molecule has 0 N–H and O–H groups in total. The van der Waals surface area contributed by atoms with E-state index >= 15 is 0 Å². The van der Waals surface area contributed by atoms with E-state index < -0.39 is 0 Å². The Morgan fingerprint density at radius 2 is 0.622 bits per heavy atom. The number of benzene rings is 6. The van der Waals surface area contributed by atoms with E-state index in [1.54, 1.807) is 0 Å². The summed E-state index contributed by atoms with van der Waals surface area (Å²) in [4.78, 5) is 26.0. The van der Waals surface area contributed by atoms with E-state index in [9.17, 15) is 0 Å². The Bertz CT molecular complexity index is 3350. The van der Waals surface area contributed by atoms with Crippen LogP contribution in [-0.4, -0.2) is 29.9 Å². The highest BCUT2D eigenvalue weighted by molar-refractivity contribution is 5.86. The lowest BCUT2D eigenvalue weighted by molar-refractivity contribution is 0.862. The molecule has 0 saturated heterocycles. The maximum absolute atomic E-state index is 4.40. The summed E-state index contributed by atoms with van der Waals surface area (Å²) in [5.41, 5.74) is 13.6. The monoisotopic (exact) mass is 1210 g/mol. The van der Waals surface area contributed by atoms with Crippen LogP contribution in [-0.2, 0) is 0 Å². The highest BCUT2D eigenvalue weighted by Gasteiger charge is 2.08. The van der Waals surface area contributed by atoms with E-state index in [2.05, 4.69) is 240 Å². The van der Waals surface area contributed by atoms with Crippen LogP contribution in [0.3, 0.4) is 0 Å². The molecule has 0 saturated carbocycles. The molecule has 90 heavy (non-hydrogen) atoms. The molecule has 0 fully saturated rings. The molecule has 12 aromatic rings. The van der Waals surface area contributed by atoms with Gasteiger partial charge in [0.15, 0.2) is 0 Å². The van der Waals surface area contributed by atoms with Crippen LogP contribution in [0.1, 0.15) is 235 Å². The number of fused-ring (bicyclic) bond motifs is 6. The van der Waals surface area contributed by atoms with Gasteiger partial charge in [0.1, 0.15) is 0 Å². The second kappa shape index (κ2) is 45.9. The predicted octanol–water partition coefficient (Wildman–Crippen LogP) is 26.3. The Kier molecular flexibility index (Phi) is 40.7. The highest BCUT2D eigenvalue weighted by atomic mass is 14.7. The second-order valence-corrected chi connectivity index (χ2v) is 21.6. The van der Waals surface area contributed by atoms with Crippen LogP contribution >= 0.6 is 0 Å². The molecule has 0 radical (unpaired) electrons. The molecular weight excluding hydrogens is 1090 g/mol. The lowest BCUT2D eigenvalue weighted by atomic mass is 9.98. The molecule has 12 rings (SSSR count). The van der Waals surface area contributed by atoms with Crippen molar-refractivity contribution in [1.29, 1.82) is 0 Å². The molecule has 480 valence electrons. The van der Waals surface area contributed by atoms with Gasteiger partial charge in [0.2, 0.25) is 0 Å². The number of nitrogens with zero attached hydrogens (tertiary/aromatic N) is 6. The quantitative estimate of drug-likeness (QED) is 0.165. The number of hydrogen-bond donors (Lipinski definition) is 0. The number of aromatic nitrogens is 6. The van der Waals surface area contributed by atoms with Gasteiger partial charge in [-0.3, -0.25) is 29.9 Å². The molecule has 0 aliphatic heterocycles. The predicted molar refractivity (Wildman–Crippen MR) is 403 cm³/mol. The molecule has 6 heterocycles. The molecule has 0 aliphatic carbocycles. The summed E-state index contributed by atoms with van der Waals surface area (Å²) in [6.07, 6.45) is 13.3. The molecule has 0 bridgehead atoms. The zero-order valence-electron chi connectivity index (χ0n) is 59.9. The van der Waals surface area contributed by atoms with Crippen LogP contribution in [0.4, 0.5) is 0 Å². The fraction of sp³-hybridized carbons (Fsp3) is 0.357. The van der Waals surface area contributed by atoms with E-state index in [0.717, 1.165) is 27.6 Å². The van der Waals surface area contributed by atoms with Crippen LogP contribution in [0.25, 0.3) is 65.3 Å². The normalized spacial score (nSPS) is 9.93. The van der Waals surface area contributed by atoms with Gasteiger partial charge in [-0.2, -0.15) is 0 Å². The fourth-order valence-electron chi connectivity index (χ4n) is 9.30. The number of pyridine rings is 6. The van der Waals surface area contributed by atoms with Crippen molar-refractivity contribution in [3.8, 4) is 0 Å². The van der Waals surface area contributed by atoms with Gasteiger partial charge in [0, 0.05) is 75.7 Å². The molecule has 6 aromatic carbocycles. The maximum atomic E-state index is 4.40. The number of hydrogen-bond acceptors (Lipinski definition) is 6. The minimum absolute atomic E-state index is 0.540. The summed E-state index contributed by atoms with van der Waals surface area (Å²) in [7, 11) is 0. The topological polar surface area (TPSA) is 77.3 Å². The fourth-order valence-corrected chi connectivity index (χ4v) is 9.30. The Morgan fingerprint density at radius 1 is 0.233 bits per heavy atom. The average molecular weight is 1210 g/mol. The van der Waals surface area contributed by atoms with E-state index in [1.807, 2.05) is 175 Å². The van der Waals surface area contributed by atoms with E-state index in [0.29, 0.717) is 35.5 Å². The van der Waals surface area contributed by atoms with Gasteiger partial charge < -0.3 is 0 Å². The summed E-state index contributed by atoms with van der Waals surface area (Å²) in [5, 5.41) is 8.80. The summed E-state index contributed by atoms with van der Waals surface area (Å²) < 4.78 is 0. The zero-order valence-corrected chi connectivity index (χ0v) is 59.9. The lowest BCUT2D eigenvalue weighted by Crippen LogP contribution is -1.90. The van der Waals surface area contributed by atoms with Crippen LogP contribution in [0, 0.1) is 0 Å². The first-order valence-corrected chi connectivity index (χ1v) is 33.7. The highest BCUT2D eigenvalue weighted by Crippen LogP contribution is 2.27. The Balaban J connectivity index is 0.000000522. The molecule has 0 spiro atoms. The number of rotatable bonds is 6. The maximum Gasteiger partial charge on any atom is 0.0736 e. The first-order chi connectivity index (χ1) is 43.7. The minimum atomic E-state index is 0.540. The Morgan fingerprint density at radius 3 is 1.20 bits per heavy atom. The third-order valence-corrected chi connectivity index (χ3v) is 13.8. The summed E-state index contributed by atoms with van der Waals surface area (Å²) in [6, 6.07) is 60.6. The second-order valence-electron chi connectivity index (χ2n) is 21.6. The summed E-state index contributed by atoms with van der Waals surface area (Å²) in [5.74, 6) is 3.35. The SMILES string of the molecule is CC.CC.CC.CC.CC.CC.CC(C)c1ccc2ncccc2c1.CC(C)c1cccc2cccnc12.CC(C)c1cccc2ncccc12.CC(C)c1ccnc2ccccc12.CC(C)c1cnc2ccccc2c1.CC(C)c1cncc2ccccc12. The van der Waals surface area contributed by atoms with Gasteiger partial charge in [-0.25, -0.2) is 0 Å². The van der Waals surface area contributed by atoms with E-state index in [1.165, 1.54) is 71.1 Å². The minimum Gasteiger partial charge on any atom is -0.264 e. The third-order valence-electron chi connectivity index (χ3n) is 13.8. The van der Waals surface area contributed by atoms with Gasteiger partial charge in [-0.05, 0) is 135 Å². The largest absolute Gasteiger partial charge is 0.264 e. The Hall–Kier alpha value is -8.22. The zero-order chi connectivity index (χ0) is 67.6. The molecule has 0 atom stereocenters. The molecule has 0 aliphatic rings. The van der Waals surface area contributed by atoms with Crippen molar-refractivity contribution >= 4 is 65.3 Å². The number of para-hydroxylation sites is 3. The standard InChI is InChI=1S/6C12H13N.6C2H6/c1-9(2)10-5-3-7-12-11(10)6-4-8-13-12;1-9(2)11-7-3-5-10-6-4-8-13-12(10)11;1-9(2)10-5-6-12-11(8-10)4-3-7-13-12;1-9(2)11-7-10-5-3-4-6-12(10)13-8-11;1-9(2)12-8-13-7-10-5-3-4-6-11(10)12;1-9(2)10-7-8-13-12-6-4-3-5-11(10)12;6*1-2/h6*3-9H,1-2H3;6*1-2H3. The molecule has 0 amide bonds. The average Bonchev–Trinajstić information content (AvgIpc) is 2.95. The van der Waals surface area contributed by atoms with E-state index in [-0.39, 0.29) is 0 Å². The van der Waals surface area contributed by atoms with Gasteiger partial charge >= 0.3 is 0 Å². The summed E-state index contributed by atoms with van der Waals surface area (Å²) >= 11 is 0. The van der Waals surface area contributed by atoms with Crippen molar-refractivity contribution < 1.29 is 0 Å². The third kappa shape index (κ3) is 25.3. The van der Waals surface area contributed by atoms with E-state index in [4.69, 9.17) is 0 Å². The smallest absolute Gasteiger partial charge is 0.0736 e. The van der Waals surface area contributed by atoms with Crippen LogP contribution in [0.15, 0.2) is 219 Å². The van der Waals surface area contributed by atoms with Crippen LogP contribution in [0.5, 0.6) is 0 Å². The molecule has 6 aromatic heterocycles.